The van der Waals surface area contributed by atoms with Gasteiger partial charge in [-0.3, -0.25) is 9.98 Å². The summed E-state index contributed by atoms with van der Waals surface area (Å²) in [7, 11) is 0. The average Bonchev–Trinajstić information content (AvgIpc) is 3.79. The Balaban J connectivity index is 1.06. The molecule has 5 heteroatoms. The third-order valence-corrected chi connectivity index (χ3v) is 8.03. The Hall–Kier alpha value is -3.54. The number of nitrogens with one attached hydrogen (secondary N) is 2. The number of allylic oxidation sites excluding steroid dienone is 2. The Kier molecular flexibility index (Phi) is 5.66. The number of rotatable bonds is 6. The minimum absolute atomic E-state index is 0.440. The van der Waals surface area contributed by atoms with Gasteiger partial charge in [-0.1, -0.05) is 48.6 Å². The topological polar surface area (TPSA) is 53.7 Å². The van der Waals surface area contributed by atoms with Crippen molar-refractivity contribution in [3.05, 3.63) is 90.2 Å². The average molecular weight is 489 g/mol. The summed E-state index contributed by atoms with van der Waals surface area (Å²) in [6, 6.07) is 19.8. The molecule has 0 bridgehead atoms. The molecule has 0 amide bonds. The molecule has 2 unspecified atom stereocenters. The third-order valence-electron chi connectivity index (χ3n) is 8.03. The summed E-state index contributed by atoms with van der Waals surface area (Å²) < 4.78 is 10.8. The fraction of sp³-hybridized carbons (Fsp3) is 0.312. The first-order valence-corrected chi connectivity index (χ1v) is 13.6. The highest BCUT2D eigenvalue weighted by molar-refractivity contribution is 6.00. The van der Waals surface area contributed by atoms with E-state index in [2.05, 4.69) is 71.3 Å². The fourth-order valence-electron chi connectivity index (χ4n) is 5.92. The normalized spacial score (nSPS) is 23.6. The molecule has 5 nitrogen and oxygen atoms in total. The van der Waals surface area contributed by atoms with Crippen LogP contribution in [-0.4, -0.2) is 41.2 Å². The van der Waals surface area contributed by atoms with Gasteiger partial charge in [-0.15, -0.1) is 0 Å². The lowest BCUT2D eigenvalue weighted by atomic mass is 10.1. The lowest BCUT2D eigenvalue weighted by Gasteiger charge is -2.09. The molecule has 5 heterocycles. The van der Waals surface area contributed by atoms with Crippen molar-refractivity contribution < 1.29 is 1.37 Å². The molecule has 2 atom stereocenters. The van der Waals surface area contributed by atoms with Gasteiger partial charge in [0.25, 0.3) is 0 Å². The van der Waals surface area contributed by atoms with Crippen LogP contribution >= 0.6 is 0 Å². The van der Waals surface area contributed by atoms with Gasteiger partial charge in [0.2, 0.25) is 0 Å². The van der Waals surface area contributed by atoms with Crippen LogP contribution in [0.3, 0.4) is 0 Å². The summed E-state index contributed by atoms with van der Waals surface area (Å²) in [4.78, 5) is 9.84. The molecule has 2 aromatic carbocycles. The van der Waals surface area contributed by atoms with Gasteiger partial charge < -0.3 is 15.2 Å². The number of aromatic nitrogens is 1. The van der Waals surface area contributed by atoms with Crippen LogP contribution in [-0.2, 0) is 0 Å². The summed E-state index contributed by atoms with van der Waals surface area (Å²) in [5.41, 5.74) is 9.89. The van der Waals surface area contributed by atoms with E-state index in [0.29, 0.717) is 18.3 Å². The second-order valence-corrected chi connectivity index (χ2v) is 10.4. The maximum atomic E-state index is 8.87. The summed E-state index contributed by atoms with van der Waals surface area (Å²) in [5, 5.41) is 7.11. The van der Waals surface area contributed by atoms with E-state index in [-0.39, 0.29) is 0 Å². The van der Waals surface area contributed by atoms with E-state index in [1.165, 1.54) is 37.1 Å². The van der Waals surface area contributed by atoms with Crippen molar-refractivity contribution in [2.24, 2.45) is 9.98 Å². The molecule has 37 heavy (non-hydrogen) atoms. The number of hydrogen-bond acceptors (Lipinski definition) is 4. The van der Waals surface area contributed by atoms with Crippen molar-refractivity contribution in [3.8, 4) is 16.8 Å². The first-order valence-electron chi connectivity index (χ1n) is 14.1. The molecule has 0 spiro atoms. The van der Waals surface area contributed by atoms with E-state index in [1.54, 1.807) is 0 Å². The van der Waals surface area contributed by atoms with Crippen LogP contribution in [0.25, 0.3) is 28.2 Å². The molecule has 4 aliphatic rings. The number of benzene rings is 2. The predicted molar refractivity (Wildman–Crippen MR) is 153 cm³/mol. The molecule has 0 saturated carbocycles. The molecule has 1 aromatic heterocycles. The van der Waals surface area contributed by atoms with Gasteiger partial charge in [-0.05, 0) is 79.2 Å². The zero-order chi connectivity index (χ0) is 25.5. The van der Waals surface area contributed by atoms with Crippen LogP contribution in [0.15, 0.2) is 89.1 Å². The van der Waals surface area contributed by atoms with E-state index < -0.39 is 0 Å². The number of aliphatic imine (C=N–C) groups is 2. The third kappa shape index (κ3) is 4.54. The fourth-order valence-corrected chi connectivity index (χ4v) is 5.92. The molecule has 2 fully saturated rings. The van der Waals surface area contributed by atoms with E-state index in [1.807, 2.05) is 16.8 Å². The lowest BCUT2D eigenvalue weighted by molar-refractivity contribution is 0.756. The highest BCUT2D eigenvalue weighted by atomic mass is 15.0. The summed E-state index contributed by atoms with van der Waals surface area (Å²) in [6.45, 7) is 2.19. The van der Waals surface area contributed by atoms with Crippen molar-refractivity contribution in [1.29, 1.82) is 0 Å². The van der Waals surface area contributed by atoms with Crippen LogP contribution < -0.4 is 10.6 Å². The van der Waals surface area contributed by atoms with E-state index in [4.69, 9.17) is 11.4 Å². The van der Waals surface area contributed by atoms with Crippen LogP contribution in [0.5, 0.6) is 0 Å². The molecule has 7 rings (SSSR count). The van der Waals surface area contributed by atoms with Gasteiger partial charge in [-0.25, -0.2) is 0 Å². The zero-order valence-electron chi connectivity index (χ0n) is 22.1. The Morgan fingerprint density at radius 3 is 1.76 bits per heavy atom. The predicted octanol–water partition coefficient (Wildman–Crippen LogP) is 6.02. The minimum Gasteiger partial charge on any atom is -0.323 e. The second-order valence-electron chi connectivity index (χ2n) is 10.4. The molecular formula is C32H33N5. The van der Waals surface area contributed by atoms with Gasteiger partial charge in [0, 0.05) is 54.4 Å². The van der Waals surface area contributed by atoms with Crippen molar-refractivity contribution in [1.82, 2.24) is 15.2 Å². The summed E-state index contributed by atoms with van der Waals surface area (Å²) >= 11 is 0. The highest BCUT2D eigenvalue weighted by Gasteiger charge is 2.24. The Morgan fingerprint density at radius 2 is 1.22 bits per heavy atom. The quantitative estimate of drug-likeness (QED) is 0.446. The molecule has 186 valence electrons. The van der Waals surface area contributed by atoms with Crippen molar-refractivity contribution in [2.45, 2.75) is 50.6 Å². The van der Waals surface area contributed by atoms with Gasteiger partial charge in [0.15, 0.2) is 0 Å². The van der Waals surface area contributed by atoms with Crippen molar-refractivity contribution >= 4 is 22.8 Å². The molecule has 2 saturated heterocycles. The standard InChI is InChI=1S/C32H33N5/c1-3-29(33-18-1)31-15-13-27(35-31)23-7-5-22(6-8-23)25-17-20-37(21-25)26-11-9-24(10-12-26)28-14-16-32(36-28)30-4-2-19-34-30/h5-14,17,20-21,29-30,33-34H,1-4,15-16,18-19H2/i21D. The molecule has 0 radical (unpaired) electrons. The Bertz CT molecular complexity index is 1350. The molecule has 3 aromatic rings. The second kappa shape index (κ2) is 9.73. The highest BCUT2D eigenvalue weighted by Crippen LogP contribution is 2.29. The maximum absolute atomic E-state index is 8.87. The minimum atomic E-state index is 0.440. The van der Waals surface area contributed by atoms with Crippen LogP contribution in [0.4, 0.5) is 0 Å². The largest absolute Gasteiger partial charge is 0.323 e. The Labute approximate surface area is 220 Å². The first kappa shape index (κ1) is 21.5. The van der Waals surface area contributed by atoms with Gasteiger partial charge in [0.05, 0.1) is 12.8 Å². The van der Waals surface area contributed by atoms with Crippen molar-refractivity contribution in [3.63, 3.8) is 0 Å². The van der Waals surface area contributed by atoms with Gasteiger partial charge in [0.1, 0.15) is 0 Å². The first-order chi connectivity index (χ1) is 18.7. The summed E-state index contributed by atoms with van der Waals surface area (Å²) in [5.74, 6) is 0. The van der Waals surface area contributed by atoms with E-state index in [0.717, 1.165) is 65.3 Å². The van der Waals surface area contributed by atoms with Crippen LogP contribution in [0.2, 0.25) is 0 Å². The maximum Gasteiger partial charge on any atom is 0.0829 e. The number of nitrogens with zero attached hydrogens (tertiary/aromatic N) is 3. The molecule has 0 aliphatic carbocycles. The lowest BCUT2D eigenvalue weighted by Crippen LogP contribution is -2.29. The Morgan fingerprint density at radius 1 is 0.676 bits per heavy atom. The van der Waals surface area contributed by atoms with E-state index >= 15 is 0 Å². The summed E-state index contributed by atoms with van der Waals surface area (Å²) in [6.07, 6.45) is 13.7. The van der Waals surface area contributed by atoms with Gasteiger partial charge >= 0.3 is 0 Å². The molecule has 4 aliphatic heterocycles. The molecular weight excluding hydrogens is 454 g/mol. The monoisotopic (exact) mass is 488 g/mol. The number of hydrogen-bond donors (Lipinski definition) is 2. The smallest absolute Gasteiger partial charge is 0.0829 e. The van der Waals surface area contributed by atoms with Crippen LogP contribution in [0, 0.1) is 0 Å². The SMILES string of the molecule is [2H]c1c(-c2ccc(C3=CCC(C4CCCN4)=N3)cc2)ccn1-c1ccc(C2=CCC(C3CCCN3)=N2)cc1. The zero-order valence-corrected chi connectivity index (χ0v) is 21.1. The van der Waals surface area contributed by atoms with Crippen LogP contribution in [0.1, 0.15) is 51.0 Å². The van der Waals surface area contributed by atoms with E-state index in [9.17, 15) is 0 Å². The molecule has 2 N–H and O–H groups in total. The van der Waals surface area contributed by atoms with Crippen molar-refractivity contribution in [2.75, 3.05) is 13.1 Å². The van der Waals surface area contributed by atoms with Gasteiger partial charge in [-0.2, -0.15) is 0 Å².